The quantitative estimate of drug-likeness (QED) is 0.891. The second-order valence-electron chi connectivity index (χ2n) is 4.99. The minimum Gasteiger partial charge on any atom is -0.342 e. The van der Waals surface area contributed by atoms with Crippen molar-refractivity contribution in [2.75, 3.05) is 13.1 Å². The highest BCUT2D eigenvalue weighted by atomic mass is 32.1. The lowest BCUT2D eigenvalue weighted by Crippen LogP contribution is -2.39. The van der Waals surface area contributed by atoms with Crippen LogP contribution >= 0.6 is 11.3 Å². The Balaban J connectivity index is 1.88. The standard InChI is InChI=1S/C17H20N2O2S/c1-3-19(12-14-7-5-4-6-8-14)16(20)11-18-17(21)15-10-9-13(2)22-15/h4-10H,3,11-12H2,1-2H3,(H,18,21). The van der Waals surface area contributed by atoms with Gasteiger partial charge in [-0.2, -0.15) is 0 Å². The van der Waals surface area contributed by atoms with E-state index in [4.69, 9.17) is 0 Å². The minimum absolute atomic E-state index is 0.0243. The number of amides is 2. The van der Waals surface area contributed by atoms with Crippen LogP contribution in [0, 0.1) is 6.92 Å². The summed E-state index contributed by atoms with van der Waals surface area (Å²) < 4.78 is 0. The highest BCUT2D eigenvalue weighted by molar-refractivity contribution is 7.13. The van der Waals surface area contributed by atoms with Crippen LogP contribution in [-0.4, -0.2) is 29.8 Å². The van der Waals surface area contributed by atoms with Gasteiger partial charge >= 0.3 is 0 Å². The third kappa shape index (κ3) is 4.43. The Morgan fingerprint density at radius 1 is 1.14 bits per heavy atom. The molecule has 2 aromatic rings. The Bertz CT molecular complexity index is 637. The first kappa shape index (κ1) is 16.2. The average molecular weight is 316 g/mol. The number of carbonyl (C=O) groups excluding carboxylic acids is 2. The molecule has 5 heteroatoms. The van der Waals surface area contributed by atoms with E-state index in [0.29, 0.717) is 18.0 Å². The number of likely N-dealkylation sites (N-methyl/N-ethyl adjacent to an activating group) is 1. The topological polar surface area (TPSA) is 49.4 Å². The first-order valence-corrected chi connectivity index (χ1v) is 8.08. The maximum absolute atomic E-state index is 12.2. The number of nitrogens with one attached hydrogen (secondary N) is 1. The molecular formula is C17H20N2O2S. The van der Waals surface area contributed by atoms with Gasteiger partial charge in [-0.05, 0) is 31.5 Å². The predicted octanol–water partition coefficient (Wildman–Crippen LogP) is 2.84. The number of thiophene rings is 1. The van der Waals surface area contributed by atoms with Crippen LogP contribution in [0.5, 0.6) is 0 Å². The Kier molecular flexibility index (Phi) is 5.72. The van der Waals surface area contributed by atoms with E-state index in [1.54, 1.807) is 11.0 Å². The summed E-state index contributed by atoms with van der Waals surface area (Å²) in [6.07, 6.45) is 0. The lowest BCUT2D eigenvalue weighted by Gasteiger charge is -2.21. The third-order valence-corrected chi connectivity index (χ3v) is 4.31. The van der Waals surface area contributed by atoms with Crippen LogP contribution in [0.25, 0.3) is 0 Å². The molecule has 1 N–H and O–H groups in total. The molecule has 1 aromatic heterocycles. The predicted molar refractivity (Wildman–Crippen MR) is 88.9 cm³/mol. The maximum Gasteiger partial charge on any atom is 0.261 e. The molecule has 0 fully saturated rings. The SMILES string of the molecule is CCN(Cc1ccccc1)C(=O)CNC(=O)c1ccc(C)s1. The van der Waals surface area contributed by atoms with Crippen molar-refractivity contribution in [3.63, 3.8) is 0 Å². The van der Waals surface area contributed by atoms with Gasteiger partial charge in [0.15, 0.2) is 0 Å². The van der Waals surface area contributed by atoms with Crippen molar-refractivity contribution >= 4 is 23.2 Å². The molecule has 0 saturated carbocycles. The smallest absolute Gasteiger partial charge is 0.261 e. The van der Waals surface area contributed by atoms with Gasteiger partial charge in [-0.3, -0.25) is 9.59 Å². The van der Waals surface area contributed by atoms with Crippen LogP contribution in [0.1, 0.15) is 27.0 Å². The van der Waals surface area contributed by atoms with Gasteiger partial charge in [-0.1, -0.05) is 30.3 Å². The van der Waals surface area contributed by atoms with Crippen molar-refractivity contribution in [1.82, 2.24) is 10.2 Å². The Morgan fingerprint density at radius 2 is 1.86 bits per heavy atom. The average Bonchev–Trinajstić information content (AvgIpc) is 2.97. The molecule has 4 nitrogen and oxygen atoms in total. The summed E-state index contributed by atoms with van der Waals surface area (Å²) in [5, 5.41) is 2.69. The molecule has 0 aliphatic carbocycles. The fraction of sp³-hybridized carbons (Fsp3) is 0.294. The van der Waals surface area contributed by atoms with E-state index in [-0.39, 0.29) is 18.4 Å². The Morgan fingerprint density at radius 3 is 2.45 bits per heavy atom. The fourth-order valence-electron chi connectivity index (χ4n) is 2.09. The zero-order chi connectivity index (χ0) is 15.9. The largest absolute Gasteiger partial charge is 0.342 e. The van der Waals surface area contributed by atoms with Gasteiger partial charge in [0.25, 0.3) is 5.91 Å². The van der Waals surface area contributed by atoms with E-state index in [1.807, 2.05) is 50.2 Å². The number of rotatable bonds is 6. The molecule has 0 unspecified atom stereocenters. The molecule has 0 bridgehead atoms. The summed E-state index contributed by atoms with van der Waals surface area (Å²) in [5.41, 5.74) is 1.08. The molecule has 2 rings (SSSR count). The second kappa shape index (κ2) is 7.75. The molecule has 0 saturated heterocycles. The van der Waals surface area contributed by atoms with Crippen molar-refractivity contribution in [3.05, 3.63) is 57.8 Å². The molecule has 0 atom stereocenters. The van der Waals surface area contributed by atoms with Gasteiger partial charge in [0.05, 0.1) is 11.4 Å². The molecule has 0 aliphatic rings. The van der Waals surface area contributed by atoms with Crippen LogP contribution < -0.4 is 5.32 Å². The molecule has 1 heterocycles. The van der Waals surface area contributed by atoms with Gasteiger partial charge < -0.3 is 10.2 Å². The minimum atomic E-state index is -0.192. The summed E-state index contributed by atoms with van der Waals surface area (Å²) >= 11 is 1.43. The molecular weight excluding hydrogens is 296 g/mol. The summed E-state index contributed by atoms with van der Waals surface area (Å²) in [4.78, 5) is 27.6. The van der Waals surface area contributed by atoms with Crippen molar-refractivity contribution < 1.29 is 9.59 Å². The van der Waals surface area contributed by atoms with E-state index in [0.717, 1.165) is 10.4 Å². The first-order chi connectivity index (χ1) is 10.6. The number of hydrogen-bond donors (Lipinski definition) is 1. The van der Waals surface area contributed by atoms with E-state index < -0.39 is 0 Å². The molecule has 0 aliphatic heterocycles. The number of aryl methyl sites for hydroxylation is 1. The molecule has 0 radical (unpaired) electrons. The van der Waals surface area contributed by atoms with Crippen LogP contribution in [0.4, 0.5) is 0 Å². The van der Waals surface area contributed by atoms with Crippen LogP contribution in [0.3, 0.4) is 0 Å². The van der Waals surface area contributed by atoms with E-state index in [1.165, 1.54) is 11.3 Å². The summed E-state index contributed by atoms with van der Waals surface area (Å²) in [6.45, 7) is 5.08. The van der Waals surface area contributed by atoms with Gasteiger partial charge in [0.2, 0.25) is 5.91 Å². The van der Waals surface area contributed by atoms with Gasteiger partial charge in [-0.25, -0.2) is 0 Å². The lowest BCUT2D eigenvalue weighted by molar-refractivity contribution is -0.130. The van der Waals surface area contributed by atoms with Gasteiger partial charge in [0.1, 0.15) is 0 Å². The lowest BCUT2D eigenvalue weighted by atomic mass is 10.2. The zero-order valence-corrected chi connectivity index (χ0v) is 13.7. The normalized spacial score (nSPS) is 10.3. The van der Waals surface area contributed by atoms with Crippen LogP contribution in [0.2, 0.25) is 0 Å². The monoisotopic (exact) mass is 316 g/mol. The van der Waals surface area contributed by atoms with Crippen molar-refractivity contribution in [1.29, 1.82) is 0 Å². The van der Waals surface area contributed by atoms with E-state index in [2.05, 4.69) is 5.32 Å². The molecule has 1 aromatic carbocycles. The highest BCUT2D eigenvalue weighted by Crippen LogP contribution is 2.14. The molecule has 116 valence electrons. The van der Waals surface area contributed by atoms with Crippen LogP contribution in [0.15, 0.2) is 42.5 Å². The maximum atomic E-state index is 12.2. The van der Waals surface area contributed by atoms with Crippen molar-refractivity contribution in [3.8, 4) is 0 Å². The second-order valence-corrected chi connectivity index (χ2v) is 6.27. The number of benzene rings is 1. The summed E-state index contributed by atoms with van der Waals surface area (Å²) in [5.74, 6) is -0.268. The number of hydrogen-bond acceptors (Lipinski definition) is 3. The van der Waals surface area contributed by atoms with E-state index >= 15 is 0 Å². The summed E-state index contributed by atoms with van der Waals surface area (Å²) in [6, 6.07) is 13.5. The Hall–Kier alpha value is -2.14. The third-order valence-electron chi connectivity index (χ3n) is 3.32. The van der Waals surface area contributed by atoms with Crippen molar-refractivity contribution in [2.24, 2.45) is 0 Å². The zero-order valence-electron chi connectivity index (χ0n) is 12.8. The van der Waals surface area contributed by atoms with Gasteiger partial charge in [0, 0.05) is 18.0 Å². The fourth-order valence-corrected chi connectivity index (χ4v) is 2.88. The molecule has 22 heavy (non-hydrogen) atoms. The number of nitrogens with zero attached hydrogens (tertiary/aromatic N) is 1. The van der Waals surface area contributed by atoms with Crippen LogP contribution in [-0.2, 0) is 11.3 Å². The summed E-state index contributed by atoms with van der Waals surface area (Å²) in [7, 11) is 0. The number of carbonyl (C=O) groups is 2. The molecule has 0 spiro atoms. The van der Waals surface area contributed by atoms with Crippen molar-refractivity contribution in [2.45, 2.75) is 20.4 Å². The first-order valence-electron chi connectivity index (χ1n) is 7.26. The highest BCUT2D eigenvalue weighted by Gasteiger charge is 2.14. The van der Waals surface area contributed by atoms with E-state index in [9.17, 15) is 9.59 Å². The van der Waals surface area contributed by atoms with Gasteiger partial charge in [-0.15, -0.1) is 11.3 Å². The molecule has 2 amide bonds. The Labute approximate surface area is 134 Å².